The minimum absolute atomic E-state index is 0.00133. The number of terminal acetylenes is 1. The zero-order valence-corrected chi connectivity index (χ0v) is 11.3. The molecule has 1 amide bonds. The maximum Gasteiger partial charge on any atom is 0.227 e. The summed E-state index contributed by atoms with van der Waals surface area (Å²) in [4.78, 5) is 17.6. The zero-order chi connectivity index (χ0) is 13.7. The number of rotatable bonds is 5. The summed E-state index contributed by atoms with van der Waals surface area (Å²) < 4.78 is 5.20. The Bertz CT molecular complexity index is 469. The van der Waals surface area contributed by atoms with Gasteiger partial charge in [-0.25, -0.2) is 0 Å². The van der Waals surface area contributed by atoms with Crippen molar-refractivity contribution in [2.45, 2.75) is 44.4 Å². The zero-order valence-electron chi connectivity index (χ0n) is 11.3. The lowest BCUT2D eigenvalue weighted by molar-refractivity contribution is -0.129. The molecule has 0 N–H and O–H groups in total. The highest BCUT2D eigenvalue weighted by Crippen LogP contribution is 2.32. The van der Waals surface area contributed by atoms with Crippen LogP contribution in [0.5, 0.6) is 0 Å². The highest BCUT2D eigenvalue weighted by molar-refractivity contribution is 5.76. The molecule has 1 aromatic heterocycles. The molecule has 0 atom stereocenters. The van der Waals surface area contributed by atoms with Gasteiger partial charge in [-0.05, 0) is 12.8 Å². The highest BCUT2D eigenvalue weighted by atomic mass is 16.5. The summed E-state index contributed by atoms with van der Waals surface area (Å²) >= 11 is 0. The predicted molar refractivity (Wildman–Crippen MR) is 70.3 cm³/mol. The Labute approximate surface area is 113 Å². The fourth-order valence-electron chi connectivity index (χ4n) is 2.35. The van der Waals surface area contributed by atoms with E-state index < -0.39 is 0 Å². The maximum atomic E-state index is 11.7. The van der Waals surface area contributed by atoms with Crippen molar-refractivity contribution < 1.29 is 9.32 Å². The lowest BCUT2D eigenvalue weighted by atomic mass is 10.1. The van der Waals surface area contributed by atoms with Crippen molar-refractivity contribution in [1.82, 2.24) is 15.0 Å². The first-order valence-corrected chi connectivity index (χ1v) is 6.70. The van der Waals surface area contributed by atoms with E-state index in [0.29, 0.717) is 31.2 Å². The summed E-state index contributed by atoms with van der Waals surface area (Å²) in [5.74, 6) is 4.23. The Balaban J connectivity index is 1.83. The number of aromatic nitrogens is 2. The smallest absolute Gasteiger partial charge is 0.227 e. The molecule has 0 aliphatic heterocycles. The molecule has 0 radical (unpaired) electrons. The molecule has 1 aliphatic rings. The number of nitrogens with zero attached hydrogens (tertiary/aromatic N) is 3. The van der Waals surface area contributed by atoms with Gasteiger partial charge in [0.1, 0.15) is 0 Å². The van der Waals surface area contributed by atoms with Gasteiger partial charge >= 0.3 is 0 Å². The second kappa shape index (κ2) is 6.37. The molecule has 0 saturated heterocycles. The minimum Gasteiger partial charge on any atom is -0.339 e. The van der Waals surface area contributed by atoms with Crippen LogP contribution in [0.3, 0.4) is 0 Å². The third kappa shape index (κ3) is 3.57. The number of amides is 1. The second-order valence-corrected chi connectivity index (χ2v) is 4.98. The molecule has 5 nitrogen and oxygen atoms in total. The number of hydrogen-bond donors (Lipinski definition) is 0. The van der Waals surface area contributed by atoms with E-state index in [4.69, 9.17) is 10.9 Å². The average Bonchev–Trinajstić information content (AvgIpc) is 3.06. The number of hydrogen-bond acceptors (Lipinski definition) is 4. The van der Waals surface area contributed by atoms with Crippen molar-refractivity contribution in [1.29, 1.82) is 0 Å². The van der Waals surface area contributed by atoms with Crippen LogP contribution in [0, 0.1) is 12.3 Å². The molecular formula is C14H19N3O2. The van der Waals surface area contributed by atoms with Crippen LogP contribution in [-0.4, -0.2) is 34.5 Å². The van der Waals surface area contributed by atoms with Crippen molar-refractivity contribution in [3.8, 4) is 12.3 Å². The summed E-state index contributed by atoms with van der Waals surface area (Å²) in [6, 6.07) is 0. The molecule has 0 unspecified atom stereocenters. The molecule has 1 aromatic rings. The molecule has 1 heterocycles. The SMILES string of the molecule is C#CCN(C)C(=O)CCc1nc(C2CCCC2)no1. The Kier molecular flexibility index (Phi) is 4.56. The van der Waals surface area contributed by atoms with Gasteiger partial charge in [-0.3, -0.25) is 4.79 Å². The Morgan fingerprint density at radius 2 is 2.26 bits per heavy atom. The van der Waals surface area contributed by atoms with Gasteiger partial charge in [-0.1, -0.05) is 23.9 Å². The number of aryl methyl sites for hydroxylation is 1. The molecule has 1 fully saturated rings. The van der Waals surface area contributed by atoms with E-state index in [2.05, 4.69) is 16.1 Å². The van der Waals surface area contributed by atoms with Crippen LogP contribution in [-0.2, 0) is 11.2 Å². The molecule has 2 rings (SSSR count). The first-order chi connectivity index (χ1) is 9.20. The van der Waals surface area contributed by atoms with Crippen LogP contribution in [0.4, 0.5) is 0 Å². The fourth-order valence-corrected chi connectivity index (χ4v) is 2.35. The lowest BCUT2D eigenvalue weighted by Gasteiger charge is -2.12. The van der Waals surface area contributed by atoms with Crippen molar-refractivity contribution in [2.24, 2.45) is 0 Å². The molecule has 0 aromatic carbocycles. The van der Waals surface area contributed by atoms with E-state index in [0.717, 1.165) is 18.7 Å². The summed E-state index contributed by atoms with van der Waals surface area (Å²) in [5.41, 5.74) is 0. The number of carbonyl (C=O) groups is 1. The van der Waals surface area contributed by atoms with Gasteiger partial charge in [0.15, 0.2) is 5.82 Å². The normalized spacial score (nSPS) is 15.4. The van der Waals surface area contributed by atoms with E-state index in [-0.39, 0.29) is 5.91 Å². The first kappa shape index (κ1) is 13.6. The quantitative estimate of drug-likeness (QED) is 0.758. The van der Waals surface area contributed by atoms with Gasteiger partial charge in [0.2, 0.25) is 11.8 Å². The monoisotopic (exact) mass is 261 g/mol. The first-order valence-electron chi connectivity index (χ1n) is 6.70. The van der Waals surface area contributed by atoms with Gasteiger partial charge < -0.3 is 9.42 Å². The topological polar surface area (TPSA) is 59.2 Å². The maximum absolute atomic E-state index is 11.7. The molecule has 0 spiro atoms. The Morgan fingerprint density at radius 3 is 2.95 bits per heavy atom. The van der Waals surface area contributed by atoms with Crippen LogP contribution < -0.4 is 0 Å². The predicted octanol–water partition coefficient (Wildman–Crippen LogP) is 1.75. The highest BCUT2D eigenvalue weighted by Gasteiger charge is 2.22. The summed E-state index contributed by atoms with van der Waals surface area (Å²) in [6.45, 7) is 0.329. The van der Waals surface area contributed by atoms with Crippen LogP contribution in [0.25, 0.3) is 0 Å². The molecule has 5 heteroatoms. The van der Waals surface area contributed by atoms with E-state index >= 15 is 0 Å². The van der Waals surface area contributed by atoms with Crippen molar-refractivity contribution >= 4 is 5.91 Å². The van der Waals surface area contributed by atoms with Gasteiger partial charge in [-0.15, -0.1) is 6.42 Å². The van der Waals surface area contributed by atoms with E-state index in [1.165, 1.54) is 17.7 Å². The van der Waals surface area contributed by atoms with Crippen LogP contribution in [0.1, 0.15) is 49.7 Å². The lowest BCUT2D eigenvalue weighted by Crippen LogP contribution is -2.27. The van der Waals surface area contributed by atoms with E-state index in [1.54, 1.807) is 7.05 Å². The standard InChI is InChI=1S/C14H19N3O2/c1-3-10-17(2)13(18)9-8-12-15-14(16-19-12)11-6-4-5-7-11/h1,11H,4-10H2,2H3. The average molecular weight is 261 g/mol. The van der Waals surface area contributed by atoms with Gasteiger partial charge in [-0.2, -0.15) is 4.98 Å². The Morgan fingerprint density at radius 1 is 1.53 bits per heavy atom. The van der Waals surface area contributed by atoms with Crippen LogP contribution >= 0.6 is 0 Å². The molecule has 1 saturated carbocycles. The molecule has 0 bridgehead atoms. The molecular weight excluding hydrogens is 242 g/mol. The largest absolute Gasteiger partial charge is 0.339 e. The van der Waals surface area contributed by atoms with Crippen LogP contribution in [0.15, 0.2) is 4.52 Å². The Hall–Kier alpha value is -1.83. The van der Waals surface area contributed by atoms with Crippen molar-refractivity contribution in [2.75, 3.05) is 13.6 Å². The number of carbonyl (C=O) groups excluding carboxylic acids is 1. The summed E-state index contributed by atoms with van der Waals surface area (Å²) in [5, 5.41) is 4.01. The summed E-state index contributed by atoms with van der Waals surface area (Å²) in [7, 11) is 1.69. The third-order valence-corrected chi connectivity index (χ3v) is 3.51. The van der Waals surface area contributed by atoms with Crippen molar-refractivity contribution in [3.05, 3.63) is 11.7 Å². The molecule has 19 heavy (non-hydrogen) atoms. The van der Waals surface area contributed by atoms with E-state index in [9.17, 15) is 4.79 Å². The third-order valence-electron chi connectivity index (χ3n) is 3.51. The van der Waals surface area contributed by atoms with E-state index in [1.807, 2.05) is 0 Å². The summed E-state index contributed by atoms with van der Waals surface area (Å²) in [6.07, 6.45) is 10.8. The fraction of sp³-hybridized carbons (Fsp3) is 0.643. The van der Waals surface area contributed by atoms with Crippen molar-refractivity contribution in [3.63, 3.8) is 0 Å². The minimum atomic E-state index is -0.00133. The molecule has 102 valence electrons. The van der Waals surface area contributed by atoms with Gasteiger partial charge in [0, 0.05) is 25.8 Å². The van der Waals surface area contributed by atoms with Gasteiger partial charge in [0.25, 0.3) is 0 Å². The van der Waals surface area contributed by atoms with Gasteiger partial charge in [0.05, 0.1) is 6.54 Å². The van der Waals surface area contributed by atoms with Crippen LogP contribution in [0.2, 0.25) is 0 Å². The second-order valence-electron chi connectivity index (χ2n) is 4.98. The molecule has 1 aliphatic carbocycles.